The van der Waals surface area contributed by atoms with Crippen LogP contribution < -0.4 is 22.9 Å². The summed E-state index contributed by atoms with van der Waals surface area (Å²) in [6.07, 6.45) is -5.84. The molecule has 1 amide bonds. The Labute approximate surface area is 279 Å². The maximum Gasteiger partial charge on any atom is 0.481 e. The molecule has 0 aliphatic carbocycles. The number of ether oxygens (including phenoxy) is 2. The molecule has 2 fully saturated rings. The first-order chi connectivity index (χ1) is 23.4. The summed E-state index contributed by atoms with van der Waals surface area (Å²) in [7, 11) is -16.3. The number of imidazole rings is 1. The molecular formula is C21H32N9O17P3. The molecule has 2 aromatic rings. The van der Waals surface area contributed by atoms with Crippen molar-refractivity contribution in [2.75, 3.05) is 18.9 Å². The third-order valence-corrected chi connectivity index (χ3v) is 10.4. The van der Waals surface area contributed by atoms with E-state index in [1.54, 1.807) is 6.08 Å². The lowest BCUT2D eigenvalue weighted by molar-refractivity contribution is -0.115. The molecule has 2 unspecified atom stereocenters. The fourth-order valence-electron chi connectivity index (χ4n) is 5.14. The van der Waals surface area contributed by atoms with Gasteiger partial charge in [-0.1, -0.05) is 6.08 Å². The Morgan fingerprint density at radius 3 is 2.28 bits per heavy atom. The number of phosphoric ester groups is 3. The number of allylic oxidation sites excluding steroid dienone is 1. The lowest BCUT2D eigenvalue weighted by Crippen LogP contribution is -2.45. The first kappa shape index (κ1) is 38.4. The van der Waals surface area contributed by atoms with Gasteiger partial charge in [-0.05, 0) is 6.42 Å². The molecule has 0 aromatic carbocycles. The molecule has 10 atom stereocenters. The van der Waals surface area contributed by atoms with Gasteiger partial charge >= 0.3 is 23.5 Å². The summed E-state index contributed by atoms with van der Waals surface area (Å²) in [5.74, 6) is 4.41. The third-order valence-electron chi connectivity index (χ3n) is 7.29. The Hall–Kier alpha value is -2.81. The zero-order valence-electron chi connectivity index (χ0n) is 25.1. The molecule has 50 heavy (non-hydrogen) atoms. The lowest BCUT2D eigenvalue weighted by Gasteiger charge is -2.28. The van der Waals surface area contributed by atoms with E-state index in [9.17, 15) is 48.3 Å². The minimum atomic E-state index is -5.53. The number of hydrogen-bond donors (Lipinski definition) is 10. The first-order valence-electron chi connectivity index (χ1n) is 14.0. The number of nitrogens with one attached hydrogen (secondary N) is 1. The van der Waals surface area contributed by atoms with Crippen molar-refractivity contribution >= 4 is 46.4 Å². The van der Waals surface area contributed by atoms with Crippen LogP contribution in [0.2, 0.25) is 0 Å². The number of rotatable bonds is 15. The molecule has 0 spiro atoms. The zero-order chi connectivity index (χ0) is 36.6. The lowest BCUT2D eigenvalue weighted by atomic mass is 10.1. The molecule has 5 rings (SSSR count). The van der Waals surface area contributed by atoms with Gasteiger partial charge in [0.2, 0.25) is 5.91 Å². The molecule has 26 nitrogen and oxygen atoms in total. The van der Waals surface area contributed by atoms with E-state index in [2.05, 4.69) is 19.3 Å². The summed E-state index contributed by atoms with van der Waals surface area (Å²) in [4.78, 5) is 68.9. The second kappa shape index (κ2) is 15.0. The van der Waals surface area contributed by atoms with Crippen LogP contribution in [0.15, 0.2) is 36.7 Å². The topological polar surface area (TPSA) is 391 Å². The number of aliphatic hydroxyl groups is 2. The second-order valence-electron chi connectivity index (χ2n) is 10.6. The summed E-state index contributed by atoms with van der Waals surface area (Å²) < 4.78 is 67.9. The van der Waals surface area contributed by atoms with Crippen molar-refractivity contribution in [2.45, 2.75) is 55.5 Å². The largest absolute Gasteiger partial charge is 0.481 e. The number of carbonyl (C=O) groups is 1. The van der Waals surface area contributed by atoms with Crippen LogP contribution in [-0.2, 0) is 50.7 Å². The third kappa shape index (κ3) is 8.79. The van der Waals surface area contributed by atoms with E-state index in [-0.39, 0.29) is 29.0 Å². The quantitative estimate of drug-likeness (QED) is 0.0484. The van der Waals surface area contributed by atoms with Crippen LogP contribution in [0.1, 0.15) is 12.6 Å². The van der Waals surface area contributed by atoms with E-state index in [0.717, 1.165) is 17.2 Å². The van der Waals surface area contributed by atoms with Crippen LogP contribution in [0.5, 0.6) is 0 Å². The Bertz CT molecular complexity index is 1780. The van der Waals surface area contributed by atoms with Crippen LogP contribution in [0.25, 0.3) is 11.2 Å². The van der Waals surface area contributed by atoms with Crippen molar-refractivity contribution in [1.82, 2.24) is 30.0 Å². The number of carbonyl (C=O) groups excluding carboxylic acids is 1. The average molecular weight is 775 g/mol. The van der Waals surface area contributed by atoms with Crippen molar-refractivity contribution < 1.29 is 80.5 Å². The van der Waals surface area contributed by atoms with E-state index >= 15 is 0 Å². The first-order valence-corrected chi connectivity index (χ1v) is 18.5. The Morgan fingerprint density at radius 2 is 1.64 bits per heavy atom. The van der Waals surface area contributed by atoms with Crippen molar-refractivity contribution in [3.63, 3.8) is 0 Å². The number of amides is 1. The van der Waals surface area contributed by atoms with E-state index < -0.39 is 91.7 Å². The summed E-state index contributed by atoms with van der Waals surface area (Å²) >= 11 is 0. The highest BCUT2D eigenvalue weighted by Crippen LogP contribution is 2.61. The highest BCUT2D eigenvalue weighted by molar-refractivity contribution is 7.61. The molecule has 278 valence electrons. The van der Waals surface area contributed by atoms with Crippen LogP contribution in [-0.4, -0.2) is 116 Å². The number of hydrogen-bond acceptors (Lipinski definition) is 20. The summed E-state index contributed by atoms with van der Waals surface area (Å²) in [6.45, 7) is -1.98. The number of aromatic nitrogens is 4. The number of nitrogens with two attached hydrogens (primary N) is 3. The van der Waals surface area contributed by atoms with Gasteiger partial charge in [-0.15, -0.1) is 5.59 Å². The smallest absolute Gasteiger partial charge is 0.387 e. The normalized spacial score (nSPS) is 31.1. The Kier molecular flexibility index (Phi) is 11.6. The fraction of sp³-hybridized carbons (Fsp3) is 0.524. The standard InChI is InChI=1S/C21H32N9O17P3/c22-17-12-19(26-7-25-17)30(8-27-12)21-16(46-48(34,35)36)13(31)10(43-21)5-41-49(37,38)47-50(39,40)42-6-11-15(45-28-24)14(32)20(44-11)29-3-1-2-9(4-29)18(23)33/h1,3-4,7-8,10-11,13-16,20-21,28,31-32H,2,5-6,24H2,(H2,23,33)(H,37,38)(H,39,40)(H2,22,25,26)(H2,34,35,36)/t10-,11-,13-,14-,15-,16-,20-,21-/m1/s1. The minimum Gasteiger partial charge on any atom is -0.387 e. The number of aliphatic hydroxyl groups excluding tert-OH is 2. The van der Waals surface area contributed by atoms with Gasteiger partial charge in [0.25, 0.3) is 0 Å². The van der Waals surface area contributed by atoms with Gasteiger partial charge in [0.05, 0.1) is 19.5 Å². The molecule has 29 heteroatoms. The van der Waals surface area contributed by atoms with Crippen molar-refractivity contribution in [3.8, 4) is 0 Å². The molecule has 3 aliphatic heterocycles. The summed E-state index contributed by atoms with van der Waals surface area (Å²) in [6, 6.07) is 0. The van der Waals surface area contributed by atoms with Crippen LogP contribution in [0.3, 0.4) is 0 Å². The Balaban J connectivity index is 1.22. The summed E-state index contributed by atoms with van der Waals surface area (Å²) in [5, 5.41) is 21.6. The van der Waals surface area contributed by atoms with Gasteiger partial charge in [0.1, 0.15) is 48.5 Å². The molecule has 0 saturated carbocycles. The maximum atomic E-state index is 12.7. The molecule has 2 saturated heterocycles. The number of nitrogens with zero attached hydrogens (tertiary/aromatic N) is 5. The number of hydrazine groups is 1. The van der Waals surface area contributed by atoms with Gasteiger partial charge < -0.3 is 55.6 Å². The number of anilines is 1. The van der Waals surface area contributed by atoms with Crippen LogP contribution in [0.4, 0.5) is 5.82 Å². The maximum absolute atomic E-state index is 12.7. The molecule has 3 aliphatic rings. The predicted octanol–water partition coefficient (Wildman–Crippen LogP) is -3.17. The van der Waals surface area contributed by atoms with E-state index in [4.69, 9.17) is 45.2 Å². The minimum absolute atomic E-state index is 0.00402. The molecule has 13 N–H and O–H groups in total. The zero-order valence-corrected chi connectivity index (χ0v) is 27.8. The van der Waals surface area contributed by atoms with Gasteiger partial charge in [-0.3, -0.25) is 27.8 Å². The fourth-order valence-corrected chi connectivity index (χ4v) is 7.78. The number of primary amides is 1. The predicted molar refractivity (Wildman–Crippen MR) is 159 cm³/mol. The molecular weight excluding hydrogens is 743 g/mol. The number of fused-ring (bicyclic) bond motifs is 1. The van der Waals surface area contributed by atoms with Crippen molar-refractivity contribution in [1.29, 1.82) is 0 Å². The van der Waals surface area contributed by atoms with E-state index in [1.165, 1.54) is 17.3 Å². The number of phosphoric acid groups is 3. The van der Waals surface area contributed by atoms with Crippen LogP contribution >= 0.6 is 23.5 Å². The number of nitrogen functional groups attached to an aromatic ring is 1. The van der Waals surface area contributed by atoms with E-state index in [0.29, 0.717) is 0 Å². The monoisotopic (exact) mass is 775 g/mol. The van der Waals surface area contributed by atoms with Crippen molar-refractivity contribution in [3.05, 3.63) is 36.7 Å². The van der Waals surface area contributed by atoms with Crippen molar-refractivity contribution in [2.24, 2.45) is 11.6 Å². The second-order valence-corrected chi connectivity index (χ2v) is 14.9. The Morgan fingerprint density at radius 1 is 0.980 bits per heavy atom. The molecule has 0 bridgehead atoms. The van der Waals surface area contributed by atoms with Gasteiger partial charge in [-0.25, -0.2) is 34.5 Å². The van der Waals surface area contributed by atoms with E-state index in [1.807, 2.05) is 5.59 Å². The molecule has 2 aromatic heterocycles. The van der Waals surface area contributed by atoms with Gasteiger partial charge in [0.15, 0.2) is 23.9 Å². The average Bonchev–Trinajstić information content (AvgIpc) is 3.69. The SMILES string of the molecule is NNO[C@H]1[C@@H](O)[C@H](N2C=CCC(C(N)=O)=C2)O[C@@H]1COP(=O)(O)OP(=O)(O)OC[C@H]1O[C@@H](n2cnc3c(N)ncnc32)[C@H](OP(=O)(O)O)[C@@H]1O. The summed E-state index contributed by atoms with van der Waals surface area (Å²) in [5.41, 5.74) is 13.2. The van der Waals surface area contributed by atoms with Gasteiger partial charge in [-0.2, -0.15) is 4.31 Å². The van der Waals surface area contributed by atoms with Gasteiger partial charge in [0, 0.05) is 18.0 Å². The highest BCUT2D eigenvalue weighted by Gasteiger charge is 2.51. The van der Waals surface area contributed by atoms with Crippen LogP contribution in [0, 0.1) is 0 Å². The molecule has 0 radical (unpaired) electrons. The highest BCUT2D eigenvalue weighted by atomic mass is 31.3. The molecule has 5 heterocycles.